The van der Waals surface area contributed by atoms with E-state index in [-0.39, 0.29) is 11.9 Å². The van der Waals surface area contributed by atoms with Crippen molar-refractivity contribution in [2.45, 2.75) is 45.3 Å². The molecule has 224 valence electrons. The van der Waals surface area contributed by atoms with Crippen molar-refractivity contribution in [3.05, 3.63) is 41.4 Å². The first kappa shape index (κ1) is 32.6. The molecule has 0 spiro atoms. The van der Waals surface area contributed by atoms with Crippen LogP contribution in [-0.2, 0) is 22.7 Å². The second-order valence-electron chi connectivity index (χ2n) is 9.01. The van der Waals surface area contributed by atoms with Gasteiger partial charge in [-0.25, -0.2) is 14.6 Å². The second-order valence-corrected chi connectivity index (χ2v) is 9.01. The van der Waals surface area contributed by atoms with Gasteiger partial charge in [0.05, 0.1) is 23.6 Å². The Bertz CT molecular complexity index is 1150. The van der Waals surface area contributed by atoms with Crippen molar-refractivity contribution in [1.29, 1.82) is 0 Å². The fourth-order valence-electron chi connectivity index (χ4n) is 3.96. The van der Waals surface area contributed by atoms with Gasteiger partial charge in [0.25, 0.3) is 5.91 Å². The molecular weight excluding hydrogens is 556 g/mol. The molecule has 0 bridgehead atoms. The Balaban J connectivity index is 0.000000333. The van der Waals surface area contributed by atoms with Crippen LogP contribution in [0.4, 0.5) is 26.3 Å². The van der Waals surface area contributed by atoms with Gasteiger partial charge in [-0.3, -0.25) is 9.69 Å². The standard InChI is InChI=1S/C19H27N5O2.2C2HF3O2/c1-14-18-20-12-16(13-22-7-5-21(3)6-8-22)24(18)10-9-23(14)19(25)17-4-11-26-15(17)2;2*3-2(4,5)1(6)7/h4,11-12,14H,5-10,13H2,1-3H3;2*(H,6,7). The van der Waals surface area contributed by atoms with Gasteiger partial charge in [-0.1, -0.05) is 0 Å². The number of hydrogen-bond acceptors (Lipinski definition) is 7. The minimum Gasteiger partial charge on any atom is -0.475 e. The number of carboxylic acids is 2. The molecule has 2 aliphatic rings. The summed E-state index contributed by atoms with van der Waals surface area (Å²) in [6.07, 6.45) is -6.60. The number of alkyl halides is 6. The molecule has 40 heavy (non-hydrogen) atoms. The van der Waals surface area contributed by atoms with Gasteiger partial charge in [0.2, 0.25) is 0 Å². The van der Waals surface area contributed by atoms with Crippen LogP contribution in [0.2, 0.25) is 0 Å². The third kappa shape index (κ3) is 8.70. The molecule has 0 radical (unpaired) electrons. The number of furan rings is 1. The van der Waals surface area contributed by atoms with Crippen LogP contribution in [-0.4, -0.2) is 104 Å². The van der Waals surface area contributed by atoms with Crippen LogP contribution in [0, 0.1) is 6.92 Å². The van der Waals surface area contributed by atoms with E-state index < -0.39 is 24.3 Å². The smallest absolute Gasteiger partial charge is 0.475 e. The molecule has 4 rings (SSSR count). The van der Waals surface area contributed by atoms with Gasteiger partial charge in [-0.2, -0.15) is 26.3 Å². The Morgan fingerprint density at radius 3 is 1.95 bits per heavy atom. The van der Waals surface area contributed by atoms with E-state index in [1.54, 1.807) is 12.3 Å². The van der Waals surface area contributed by atoms with E-state index in [1.807, 2.05) is 18.0 Å². The predicted octanol–water partition coefficient (Wildman–Crippen LogP) is 3.02. The number of amides is 1. The zero-order chi connectivity index (χ0) is 30.4. The number of likely N-dealkylation sites (N-methyl/N-ethyl adjacent to an activating group) is 1. The lowest BCUT2D eigenvalue weighted by Crippen LogP contribution is -2.45. The van der Waals surface area contributed by atoms with Crippen LogP contribution in [0.25, 0.3) is 0 Å². The Morgan fingerprint density at radius 1 is 0.975 bits per heavy atom. The van der Waals surface area contributed by atoms with Crippen molar-refractivity contribution in [2.75, 3.05) is 39.8 Å². The van der Waals surface area contributed by atoms with E-state index in [0.29, 0.717) is 17.9 Å². The van der Waals surface area contributed by atoms with E-state index in [1.165, 1.54) is 5.69 Å². The number of halogens is 6. The molecule has 4 heterocycles. The molecule has 0 aromatic carbocycles. The first-order chi connectivity index (χ1) is 18.4. The van der Waals surface area contributed by atoms with Gasteiger partial charge in [0.15, 0.2) is 0 Å². The quantitative estimate of drug-likeness (QED) is 0.522. The lowest BCUT2D eigenvalue weighted by atomic mass is 10.1. The van der Waals surface area contributed by atoms with Gasteiger partial charge >= 0.3 is 24.3 Å². The number of carbonyl (C=O) groups excluding carboxylic acids is 1. The van der Waals surface area contributed by atoms with Crippen molar-refractivity contribution in [1.82, 2.24) is 24.3 Å². The second kappa shape index (κ2) is 13.2. The lowest BCUT2D eigenvalue weighted by molar-refractivity contribution is -0.193. The first-order valence-electron chi connectivity index (χ1n) is 11.8. The van der Waals surface area contributed by atoms with Gasteiger partial charge in [0, 0.05) is 52.0 Å². The molecule has 2 aromatic rings. The van der Waals surface area contributed by atoms with Crippen LogP contribution in [0.1, 0.15) is 40.6 Å². The fourth-order valence-corrected chi connectivity index (χ4v) is 3.96. The molecule has 1 unspecified atom stereocenters. The summed E-state index contributed by atoms with van der Waals surface area (Å²) in [6, 6.07) is 1.72. The molecule has 0 saturated carbocycles. The van der Waals surface area contributed by atoms with Gasteiger partial charge in [-0.05, 0) is 27.0 Å². The van der Waals surface area contributed by atoms with Gasteiger partial charge < -0.3 is 29.0 Å². The molecule has 1 saturated heterocycles. The van der Waals surface area contributed by atoms with Crippen molar-refractivity contribution in [3.63, 3.8) is 0 Å². The van der Waals surface area contributed by atoms with Crippen molar-refractivity contribution in [2.24, 2.45) is 0 Å². The van der Waals surface area contributed by atoms with E-state index >= 15 is 0 Å². The molecule has 0 aliphatic carbocycles. The number of hydrogen-bond donors (Lipinski definition) is 2. The minimum atomic E-state index is -5.08. The zero-order valence-corrected chi connectivity index (χ0v) is 21.8. The van der Waals surface area contributed by atoms with Crippen LogP contribution in [0.3, 0.4) is 0 Å². The first-order valence-corrected chi connectivity index (χ1v) is 11.8. The Morgan fingerprint density at radius 2 is 1.50 bits per heavy atom. The normalized spacial score (nSPS) is 18.1. The third-order valence-electron chi connectivity index (χ3n) is 6.19. The van der Waals surface area contributed by atoms with E-state index in [2.05, 4.69) is 33.3 Å². The fraction of sp³-hybridized carbons (Fsp3) is 0.565. The van der Waals surface area contributed by atoms with Crippen molar-refractivity contribution >= 4 is 17.8 Å². The molecular formula is C23H29F6N5O6. The average Bonchev–Trinajstić information content (AvgIpc) is 3.46. The molecule has 2 aliphatic heterocycles. The topological polar surface area (TPSA) is 132 Å². The van der Waals surface area contributed by atoms with E-state index in [4.69, 9.17) is 24.2 Å². The maximum Gasteiger partial charge on any atom is 0.490 e. The summed E-state index contributed by atoms with van der Waals surface area (Å²) in [4.78, 5) is 42.1. The number of aromatic nitrogens is 2. The van der Waals surface area contributed by atoms with Gasteiger partial charge in [0.1, 0.15) is 11.6 Å². The molecule has 1 amide bonds. The third-order valence-corrected chi connectivity index (χ3v) is 6.19. The lowest BCUT2D eigenvalue weighted by Gasteiger charge is -2.35. The van der Waals surface area contributed by atoms with Crippen molar-refractivity contribution < 1.29 is 55.4 Å². The Kier molecular flexibility index (Phi) is 10.7. The molecule has 11 nitrogen and oxygen atoms in total. The summed E-state index contributed by atoms with van der Waals surface area (Å²) >= 11 is 0. The highest BCUT2D eigenvalue weighted by molar-refractivity contribution is 5.95. The molecule has 2 aromatic heterocycles. The maximum absolute atomic E-state index is 12.9. The van der Waals surface area contributed by atoms with E-state index in [9.17, 15) is 31.1 Å². The molecule has 17 heteroatoms. The number of rotatable bonds is 3. The Labute approximate surface area is 224 Å². The van der Waals surface area contributed by atoms with Crippen LogP contribution in [0.5, 0.6) is 0 Å². The summed E-state index contributed by atoms with van der Waals surface area (Å²) < 4.78 is 71.1. The Hall–Kier alpha value is -3.60. The zero-order valence-electron chi connectivity index (χ0n) is 21.8. The highest BCUT2D eigenvalue weighted by atomic mass is 19.4. The average molecular weight is 586 g/mol. The number of imidazole rings is 1. The number of nitrogens with zero attached hydrogens (tertiary/aromatic N) is 5. The van der Waals surface area contributed by atoms with Gasteiger partial charge in [-0.15, -0.1) is 0 Å². The summed E-state index contributed by atoms with van der Waals surface area (Å²) in [5.74, 6) is -3.83. The highest BCUT2D eigenvalue weighted by Crippen LogP contribution is 2.28. The SMILES string of the molecule is Cc1occc1C(=O)N1CCn2c(CN3CCN(C)CC3)cnc2C1C.O=C(O)C(F)(F)F.O=C(O)C(F)(F)F. The monoisotopic (exact) mass is 585 g/mol. The number of aliphatic carboxylic acids is 2. The number of carboxylic acid groups (broad SMARTS) is 2. The molecule has 2 N–H and O–H groups in total. The summed E-state index contributed by atoms with van der Waals surface area (Å²) in [5, 5.41) is 14.2. The number of carbonyl (C=O) groups is 3. The summed E-state index contributed by atoms with van der Waals surface area (Å²) in [7, 11) is 2.17. The molecule has 1 fully saturated rings. The minimum absolute atomic E-state index is 0.0265. The van der Waals surface area contributed by atoms with Crippen LogP contribution < -0.4 is 0 Å². The highest BCUT2D eigenvalue weighted by Gasteiger charge is 2.39. The van der Waals surface area contributed by atoms with Crippen LogP contribution in [0.15, 0.2) is 22.9 Å². The van der Waals surface area contributed by atoms with E-state index in [0.717, 1.165) is 45.1 Å². The summed E-state index contributed by atoms with van der Waals surface area (Å²) in [5.41, 5.74) is 1.90. The predicted molar refractivity (Wildman–Crippen MR) is 125 cm³/mol. The number of piperazine rings is 1. The largest absolute Gasteiger partial charge is 0.490 e. The number of aryl methyl sites for hydroxylation is 1. The maximum atomic E-state index is 12.9. The molecule has 1 atom stereocenters. The summed E-state index contributed by atoms with van der Waals surface area (Å²) in [6.45, 7) is 10.7. The van der Waals surface area contributed by atoms with Crippen LogP contribution >= 0.6 is 0 Å². The number of fused-ring (bicyclic) bond motifs is 1. The van der Waals surface area contributed by atoms with Crippen molar-refractivity contribution in [3.8, 4) is 0 Å².